The van der Waals surface area contributed by atoms with Gasteiger partial charge in [0.25, 0.3) is 0 Å². The van der Waals surface area contributed by atoms with Gasteiger partial charge in [-0.05, 0) is 23.5 Å². The maximum atomic E-state index is 11.8. The van der Waals surface area contributed by atoms with E-state index in [1.165, 1.54) is 32.1 Å². The van der Waals surface area contributed by atoms with Crippen molar-refractivity contribution in [1.29, 1.82) is 0 Å². The lowest BCUT2D eigenvalue weighted by molar-refractivity contribution is -0.121. The van der Waals surface area contributed by atoms with Crippen LogP contribution in [0.5, 0.6) is 0 Å². The van der Waals surface area contributed by atoms with Crippen LogP contribution < -0.4 is 5.32 Å². The fraction of sp³-hybridized carbons (Fsp3) is 0.588. The zero-order valence-corrected chi connectivity index (χ0v) is 12.8. The molecule has 1 saturated carbocycles. The average Bonchev–Trinajstić information content (AvgIpc) is 2.52. The minimum absolute atomic E-state index is 0.178. The highest BCUT2D eigenvalue weighted by Crippen LogP contribution is 2.27. The van der Waals surface area contributed by atoms with Gasteiger partial charge in [-0.2, -0.15) is 0 Å². The van der Waals surface area contributed by atoms with Gasteiger partial charge < -0.3 is 5.32 Å². The van der Waals surface area contributed by atoms with E-state index in [0.717, 1.165) is 23.5 Å². The molecule has 0 spiro atoms. The monoisotopic (exact) mass is 293 g/mol. The van der Waals surface area contributed by atoms with E-state index in [0.29, 0.717) is 18.8 Å². The van der Waals surface area contributed by atoms with Crippen LogP contribution in [-0.4, -0.2) is 5.91 Å². The molecule has 0 saturated heterocycles. The third-order valence-electron chi connectivity index (χ3n) is 4.17. The SMILES string of the molecule is O=C(CCC1CCCCC1)NCc1ccc(CCl)cc1. The van der Waals surface area contributed by atoms with Crippen LogP contribution in [-0.2, 0) is 17.2 Å². The summed E-state index contributed by atoms with van der Waals surface area (Å²) in [4.78, 5) is 11.8. The first kappa shape index (κ1) is 15.4. The van der Waals surface area contributed by atoms with Crippen LogP contribution in [0.1, 0.15) is 56.1 Å². The van der Waals surface area contributed by atoms with Crippen LogP contribution in [0.2, 0.25) is 0 Å². The van der Waals surface area contributed by atoms with Crippen LogP contribution >= 0.6 is 11.6 Å². The smallest absolute Gasteiger partial charge is 0.220 e. The summed E-state index contributed by atoms with van der Waals surface area (Å²) < 4.78 is 0. The topological polar surface area (TPSA) is 29.1 Å². The molecule has 1 aromatic rings. The number of carbonyl (C=O) groups excluding carboxylic acids is 1. The fourth-order valence-corrected chi connectivity index (χ4v) is 3.02. The molecule has 1 amide bonds. The van der Waals surface area contributed by atoms with E-state index in [4.69, 9.17) is 11.6 Å². The van der Waals surface area contributed by atoms with Crippen molar-refractivity contribution < 1.29 is 4.79 Å². The summed E-state index contributed by atoms with van der Waals surface area (Å²) in [7, 11) is 0. The van der Waals surface area contributed by atoms with Gasteiger partial charge in [0.2, 0.25) is 5.91 Å². The molecule has 1 aromatic carbocycles. The van der Waals surface area contributed by atoms with Crippen molar-refractivity contribution in [1.82, 2.24) is 5.32 Å². The second kappa shape index (κ2) is 8.31. The van der Waals surface area contributed by atoms with Crippen molar-refractivity contribution >= 4 is 17.5 Å². The molecule has 1 fully saturated rings. The van der Waals surface area contributed by atoms with E-state index < -0.39 is 0 Å². The second-order valence-corrected chi connectivity index (χ2v) is 6.04. The summed E-state index contributed by atoms with van der Waals surface area (Å²) in [5.41, 5.74) is 2.24. The van der Waals surface area contributed by atoms with Gasteiger partial charge in [-0.15, -0.1) is 11.6 Å². The Kier molecular flexibility index (Phi) is 6.38. The average molecular weight is 294 g/mol. The number of nitrogens with one attached hydrogen (secondary N) is 1. The van der Waals surface area contributed by atoms with Gasteiger partial charge in [-0.3, -0.25) is 4.79 Å². The molecule has 2 rings (SSSR count). The number of hydrogen-bond donors (Lipinski definition) is 1. The number of rotatable bonds is 6. The highest BCUT2D eigenvalue weighted by Gasteiger charge is 2.14. The lowest BCUT2D eigenvalue weighted by atomic mass is 9.86. The van der Waals surface area contributed by atoms with Gasteiger partial charge in [0.1, 0.15) is 0 Å². The van der Waals surface area contributed by atoms with E-state index in [9.17, 15) is 4.79 Å². The van der Waals surface area contributed by atoms with Gasteiger partial charge >= 0.3 is 0 Å². The Hall–Kier alpha value is -1.02. The zero-order valence-electron chi connectivity index (χ0n) is 12.0. The molecule has 2 nitrogen and oxygen atoms in total. The molecule has 110 valence electrons. The molecule has 3 heteroatoms. The standard InChI is InChI=1S/C17H24ClNO/c18-12-15-6-8-16(9-7-15)13-19-17(20)11-10-14-4-2-1-3-5-14/h6-9,14H,1-5,10-13H2,(H,19,20). The predicted molar refractivity (Wildman–Crippen MR) is 83.7 cm³/mol. The lowest BCUT2D eigenvalue weighted by Gasteiger charge is -2.20. The van der Waals surface area contributed by atoms with Crippen LogP contribution in [0.3, 0.4) is 0 Å². The highest BCUT2D eigenvalue weighted by atomic mass is 35.5. The molecule has 1 aliphatic rings. The normalized spacial score (nSPS) is 16.1. The first-order chi connectivity index (χ1) is 9.78. The molecule has 1 N–H and O–H groups in total. The number of alkyl halides is 1. The lowest BCUT2D eigenvalue weighted by Crippen LogP contribution is -2.23. The first-order valence-corrected chi connectivity index (χ1v) is 8.22. The van der Waals surface area contributed by atoms with Gasteiger partial charge in [-0.1, -0.05) is 56.4 Å². The molecule has 0 aliphatic heterocycles. The fourth-order valence-electron chi connectivity index (χ4n) is 2.85. The third-order valence-corrected chi connectivity index (χ3v) is 4.48. The molecular weight excluding hydrogens is 270 g/mol. The molecule has 0 aromatic heterocycles. The summed E-state index contributed by atoms with van der Waals surface area (Å²) in [6, 6.07) is 8.07. The number of carbonyl (C=O) groups is 1. The van der Waals surface area contributed by atoms with Crippen molar-refractivity contribution in [3.8, 4) is 0 Å². The quantitative estimate of drug-likeness (QED) is 0.774. The minimum atomic E-state index is 0.178. The molecule has 0 heterocycles. The molecule has 1 aliphatic carbocycles. The summed E-state index contributed by atoms with van der Waals surface area (Å²) in [5, 5.41) is 3.00. The van der Waals surface area contributed by atoms with Gasteiger partial charge in [-0.25, -0.2) is 0 Å². The van der Waals surface area contributed by atoms with Crippen molar-refractivity contribution in [3.63, 3.8) is 0 Å². The van der Waals surface area contributed by atoms with Gasteiger partial charge in [0.15, 0.2) is 0 Å². The van der Waals surface area contributed by atoms with E-state index in [2.05, 4.69) is 5.32 Å². The summed E-state index contributed by atoms with van der Waals surface area (Å²) in [6.45, 7) is 0.617. The molecule has 0 atom stereocenters. The Bertz CT molecular complexity index is 410. The number of amides is 1. The molecular formula is C17H24ClNO. The van der Waals surface area contributed by atoms with E-state index >= 15 is 0 Å². The Morgan fingerprint density at radius 1 is 1.10 bits per heavy atom. The van der Waals surface area contributed by atoms with Crippen molar-refractivity contribution in [2.75, 3.05) is 0 Å². The third kappa shape index (κ3) is 5.16. The van der Waals surface area contributed by atoms with Crippen molar-refractivity contribution in [3.05, 3.63) is 35.4 Å². The van der Waals surface area contributed by atoms with E-state index in [1.807, 2.05) is 24.3 Å². The van der Waals surface area contributed by atoms with Crippen molar-refractivity contribution in [2.45, 2.75) is 57.4 Å². The summed E-state index contributed by atoms with van der Waals surface area (Å²) in [6.07, 6.45) is 8.42. The highest BCUT2D eigenvalue weighted by molar-refractivity contribution is 6.17. The first-order valence-electron chi connectivity index (χ1n) is 7.68. The Labute approximate surface area is 126 Å². The summed E-state index contributed by atoms with van der Waals surface area (Å²) >= 11 is 5.75. The maximum absolute atomic E-state index is 11.8. The molecule has 20 heavy (non-hydrogen) atoms. The zero-order chi connectivity index (χ0) is 14.2. The minimum Gasteiger partial charge on any atom is -0.352 e. The molecule has 0 radical (unpaired) electrons. The van der Waals surface area contributed by atoms with Crippen LogP contribution in [0, 0.1) is 5.92 Å². The van der Waals surface area contributed by atoms with E-state index in [1.54, 1.807) is 0 Å². The number of hydrogen-bond acceptors (Lipinski definition) is 1. The van der Waals surface area contributed by atoms with Crippen molar-refractivity contribution in [2.24, 2.45) is 5.92 Å². The summed E-state index contributed by atoms with van der Waals surface area (Å²) in [5.74, 6) is 1.49. The Balaban J connectivity index is 1.66. The Morgan fingerprint density at radius 3 is 2.40 bits per heavy atom. The van der Waals surface area contributed by atoms with Crippen LogP contribution in [0.25, 0.3) is 0 Å². The number of halogens is 1. The van der Waals surface area contributed by atoms with E-state index in [-0.39, 0.29) is 5.91 Å². The molecule has 0 unspecified atom stereocenters. The maximum Gasteiger partial charge on any atom is 0.220 e. The van der Waals surface area contributed by atoms with Gasteiger partial charge in [0, 0.05) is 18.8 Å². The predicted octanol–water partition coefficient (Wildman–Crippen LogP) is 4.40. The molecule has 0 bridgehead atoms. The second-order valence-electron chi connectivity index (χ2n) is 5.77. The van der Waals surface area contributed by atoms with Gasteiger partial charge in [0.05, 0.1) is 0 Å². The number of benzene rings is 1. The Morgan fingerprint density at radius 2 is 1.75 bits per heavy atom. The largest absolute Gasteiger partial charge is 0.352 e. The van der Waals surface area contributed by atoms with Crippen LogP contribution in [0.15, 0.2) is 24.3 Å². The van der Waals surface area contributed by atoms with Crippen LogP contribution in [0.4, 0.5) is 0 Å².